The lowest BCUT2D eigenvalue weighted by Gasteiger charge is -2.32. The molecular weight excluding hydrogens is 400 g/mol. The molecule has 0 spiro atoms. The first-order valence-corrected chi connectivity index (χ1v) is 11.3. The fraction of sp³-hybridized carbons (Fsp3) is 0.227. The van der Waals surface area contributed by atoms with Gasteiger partial charge < -0.3 is 4.42 Å². The van der Waals surface area contributed by atoms with Crippen molar-refractivity contribution < 1.29 is 12.8 Å². The van der Waals surface area contributed by atoms with Crippen LogP contribution in [0.25, 0.3) is 22.4 Å². The van der Waals surface area contributed by atoms with Gasteiger partial charge in [-0.15, -0.1) is 10.2 Å². The second-order valence-corrected chi connectivity index (χ2v) is 9.16. The van der Waals surface area contributed by atoms with Crippen molar-refractivity contribution in [1.29, 1.82) is 0 Å². The van der Waals surface area contributed by atoms with E-state index in [2.05, 4.69) is 15.2 Å². The predicted molar refractivity (Wildman–Crippen MR) is 112 cm³/mol. The number of aromatic nitrogens is 3. The number of pyridine rings is 1. The molecule has 1 atom stereocenters. The smallest absolute Gasteiger partial charge is 0.266 e. The molecule has 0 unspecified atom stereocenters. The number of fused-ring (bicyclic) bond motifs is 1. The standard InChI is InChI=1S/C22H20N4O3S/c27-30(28,17-9-2-1-3-10-17)26-15-7-6-12-19(26)21-24-25-22(29-21)20-18-11-5-4-8-16(18)13-14-23-20/h1-5,8-11,13-14,19H,6-7,12,15H2/t19-/m0/s1. The Kier molecular flexibility index (Phi) is 4.80. The summed E-state index contributed by atoms with van der Waals surface area (Å²) in [6.07, 6.45) is 4.04. The van der Waals surface area contributed by atoms with Crippen LogP contribution in [-0.4, -0.2) is 34.4 Å². The number of benzene rings is 2. The third kappa shape index (κ3) is 3.28. The Morgan fingerprint density at radius 2 is 1.73 bits per heavy atom. The molecular formula is C22H20N4O3S. The Bertz CT molecular complexity index is 1280. The maximum absolute atomic E-state index is 13.2. The molecule has 0 N–H and O–H groups in total. The number of sulfonamides is 1. The van der Waals surface area contributed by atoms with Gasteiger partial charge in [-0.05, 0) is 36.4 Å². The first-order valence-electron chi connectivity index (χ1n) is 9.89. The molecule has 0 amide bonds. The van der Waals surface area contributed by atoms with Gasteiger partial charge in [0.2, 0.25) is 15.9 Å². The summed E-state index contributed by atoms with van der Waals surface area (Å²) in [4.78, 5) is 4.69. The van der Waals surface area contributed by atoms with Crippen molar-refractivity contribution in [3.63, 3.8) is 0 Å². The summed E-state index contributed by atoms with van der Waals surface area (Å²) >= 11 is 0. The highest BCUT2D eigenvalue weighted by Crippen LogP contribution is 2.36. The summed E-state index contributed by atoms with van der Waals surface area (Å²) < 4.78 is 34.0. The summed E-state index contributed by atoms with van der Waals surface area (Å²) in [5, 5.41) is 10.3. The molecule has 5 rings (SSSR count). The number of piperidine rings is 1. The zero-order valence-electron chi connectivity index (χ0n) is 16.2. The maximum atomic E-state index is 13.2. The van der Waals surface area contributed by atoms with Gasteiger partial charge in [0.15, 0.2) is 0 Å². The van der Waals surface area contributed by atoms with E-state index in [0.717, 1.165) is 23.6 Å². The lowest BCUT2D eigenvalue weighted by atomic mass is 10.1. The Hall–Kier alpha value is -3.10. The van der Waals surface area contributed by atoms with Crippen LogP contribution in [0.4, 0.5) is 0 Å². The van der Waals surface area contributed by atoms with E-state index in [-0.39, 0.29) is 4.90 Å². The van der Waals surface area contributed by atoms with E-state index in [1.807, 2.05) is 30.3 Å². The Balaban J connectivity index is 1.53. The number of hydrogen-bond donors (Lipinski definition) is 0. The van der Waals surface area contributed by atoms with Gasteiger partial charge in [-0.25, -0.2) is 8.42 Å². The number of hydrogen-bond acceptors (Lipinski definition) is 6. The van der Waals surface area contributed by atoms with Gasteiger partial charge in [0.1, 0.15) is 11.7 Å². The minimum Gasteiger partial charge on any atom is -0.417 e. The predicted octanol–water partition coefficient (Wildman–Crippen LogP) is 4.20. The second-order valence-electron chi connectivity index (χ2n) is 7.27. The van der Waals surface area contributed by atoms with Gasteiger partial charge in [-0.3, -0.25) is 4.98 Å². The van der Waals surface area contributed by atoms with E-state index in [1.54, 1.807) is 36.5 Å². The van der Waals surface area contributed by atoms with Gasteiger partial charge in [0, 0.05) is 18.1 Å². The molecule has 4 aromatic rings. The molecule has 0 aliphatic carbocycles. The zero-order chi connectivity index (χ0) is 20.6. The van der Waals surface area contributed by atoms with E-state index < -0.39 is 16.1 Å². The Labute approximate surface area is 174 Å². The van der Waals surface area contributed by atoms with Gasteiger partial charge in [0.25, 0.3) is 5.89 Å². The van der Waals surface area contributed by atoms with Crippen molar-refractivity contribution >= 4 is 20.8 Å². The minimum atomic E-state index is -3.66. The second kappa shape index (κ2) is 7.62. The van der Waals surface area contributed by atoms with Crippen LogP contribution >= 0.6 is 0 Å². The molecule has 2 aromatic heterocycles. The third-order valence-electron chi connectivity index (χ3n) is 5.41. The van der Waals surface area contributed by atoms with E-state index in [0.29, 0.717) is 30.4 Å². The molecule has 7 nitrogen and oxygen atoms in total. The fourth-order valence-corrected chi connectivity index (χ4v) is 5.59. The molecule has 30 heavy (non-hydrogen) atoms. The van der Waals surface area contributed by atoms with Crippen LogP contribution in [0.15, 0.2) is 76.2 Å². The first-order chi connectivity index (χ1) is 14.6. The average Bonchev–Trinajstić information content (AvgIpc) is 3.29. The summed E-state index contributed by atoms with van der Waals surface area (Å²) in [5.41, 5.74) is 0.597. The quantitative estimate of drug-likeness (QED) is 0.492. The highest BCUT2D eigenvalue weighted by molar-refractivity contribution is 7.89. The Morgan fingerprint density at radius 3 is 2.60 bits per heavy atom. The molecule has 1 saturated heterocycles. The van der Waals surface area contributed by atoms with Crippen molar-refractivity contribution in [3.8, 4) is 11.6 Å². The van der Waals surface area contributed by atoms with Gasteiger partial charge in [-0.1, -0.05) is 48.9 Å². The van der Waals surface area contributed by atoms with Crippen molar-refractivity contribution in [3.05, 3.63) is 72.8 Å². The molecule has 3 heterocycles. The third-order valence-corrected chi connectivity index (χ3v) is 7.33. The normalized spacial score (nSPS) is 17.9. The monoisotopic (exact) mass is 420 g/mol. The van der Waals surface area contributed by atoms with Crippen LogP contribution < -0.4 is 0 Å². The Morgan fingerprint density at radius 1 is 0.933 bits per heavy atom. The summed E-state index contributed by atoms with van der Waals surface area (Å²) in [5.74, 6) is 0.600. The van der Waals surface area contributed by atoms with E-state index in [4.69, 9.17) is 4.42 Å². The van der Waals surface area contributed by atoms with Crippen LogP contribution in [-0.2, 0) is 10.0 Å². The van der Waals surface area contributed by atoms with E-state index in [1.165, 1.54) is 4.31 Å². The van der Waals surface area contributed by atoms with Crippen molar-refractivity contribution in [1.82, 2.24) is 19.5 Å². The first kappa shape index (κ1) is 18.9. The average molecular weight is 420 g/mol. The zero-order valence-corrected chi connectivity index (χ0v) is 17.0. The molecule has 1 aliphatic rings. The molecule has 1 aliphatic heterocycles. The highest BCUT2D eigenvalue weighted by atomic mass is 32.2. The highest BCUT2D eigenvalue weighted by Gasteiger charge is 2.37. The van der Waals surface area contributed by atoms with Gasteiger partial charge in [0.05, 0.1) is 4.90 Å². The van der Waals surface area contributed by atoms with Crippen molar-refractivity contribution in [2.24, 2.45) is 0 Å². The van der Waals surface area contributed by atoms with Crippen LogP contribution in [0.1, 0.15) is 31.2 Å². The number of nitrogens with zero attached hydrogens (tertiary/aromatic N) is 4. The van der Waals surface area contributed by atoms with Crippen molar-refractivity contribution in [2.45, 2.75) is 30.2 Å². The van der Waals surface area contributed by atoms with Gasteiger partial charge in [-0.2, -0.15) is 4.31 Å². The lowest BCUT2D eigenvalue weighted by Crippen LogP contribution is -2.38. The molecule has 0 saturated carbocycles. The van der Waals surface area contributed by atoms with E-state index >= 15 is 0 Å². The molecule has 2 aromatic carbocycles. The van der Waals surface area contributed by atoms with Gasteiger partial charge >= 0.3 is 0 Å². The molecule has 8 heteroatoms. The minimum absolute atomic E-state index is 0.271. The molecule has 0 radical (unpaired) electrons. The van der Waals surface area contributed by atoms with Crippen molar-refractivity contribution in [2.75, 3.05) is 6.54 Å². The van der Waals surface area contributed by atoms with E-state index in [9.17, 15) is 8.42 Å². The number of rotatable bonds is 4. The largest absolute Gasteiger partial charge is 0.417 e. The molecule has 1 fully saturated rings. The summed E-state index contributed by atoms with van der Waals surface area (Å²) in [7, 11) is -3.66. The lowest BCUT2D eigenvalue weighted by molar-refractivity contribution is 0.220. The SMILES string of the molecule is O=S(=O)(c1ccccc1)N1CCCC[C@H]1c1nnc(-c2nccc3ccccc23)o1. The molecule has 152 valence electrons. The fourth-order valence-electron chi connectivity index (χ4n) is 3.92. The molecule has 0 bridgehead atoms. The maximum Gasteiger partial charge on any atom is 0.266 e. The van der Waals surface area contributed by atoms with Crippen LogP contribution in [0, 0.1) is 0 Å². The topological polar surface area (TPSA) is 89.2 Å². The van der Waals surface area contributed by atoms with Crippen LogP contribution in [0.3, 0.4) is 0 Å². The van der Waals surface area contributed by atoms with Crippen LogP contribution in [0.2, 0.25) is 0 Å². The van der Waals surface area contributed by atoms with Crippen LogP contribution in [0.5, 0.6) is 0 Å². The summed E-state index contributed by atoms with van der Waals surface area (Å²) in [6, 6.07) is 17.7. The summed E-state index contributed by atoms with van der Waals surface area (Å²) in [6.45, 7) is 0.423.